The Morgan fingerprint density at radius 2 is 1.03 bits per heavy atom. The summed E-state index contributed by atoms with van der Waals surface area (Å²) in [6.07, 6.45) is 0. The highest BCUT2D eigenvalue weighted by molar-refractivity contribution is 6.23. The third kappa shape index (κ3) is 3.33. The van der Waals surface area contributed by atoms with Gasteiger partial charge >= 0.3 is 0 Å². The van der Waals surface area contributed by atoms with Crippen LogP contribution < -0.4 is 4.90 Å². The second-order valence-corrected chi connectivity index (χ2v) is 8.84. The standard InChI is InChI=1S/C33H22N2O/c1-4-12-23(13-5-1)33-34-31-30-22-26(20-21-28(30)27-18-10-11-19-29(27)32(31)36-33)35(24-14-6-2-7-15-24)25-16-8-3-9-17-25/h1-22H. The van der Waals surface area contributed by atoms with Crippen LogP contribution in [-0.2, 0) is 0 Å². The normalized spacial score (nSPS) is 11.3. The number of anilines is 3. The minimum atomic E-state index is 0.636. The maximum atomic E-state index is 6.42. The van der Waals surface area contributed by atoms with Crippen molar-refractivity contribution in [3.63, 3.8) is 0 Å². The second-order valence-electron chi connectivity index (χ2n) is 8.84. The van der Waals surface area contributed by atoms with Gasteiger partial charge in [-0.3, -0.25) is 0 Å². The molecule has 1 aromatic heterocycles. The molecule has 0 saturated heterocycles. The molecule has 0 bridgehead atoms. The molecular weight excluding hydrogens is 440 g/mol. The van der Waals surface area contributed by atoms with E-state index in [-0.39, 0.29) is 0 Å². The first-order chi connectivity index (χ1) is 17.9. The lowest BCUT2D eigenvalue weighted by Crippen LogP contribution is -2.09. The van der Waals surface area contributed by atoms with E-state index in [2.05, 4.69) is 95.9 Å². The van der Waals surface area contributed by atoms with Gasteiger partial charge in [0.1, 0.15) is 5.52 Å². The largest absolute Gasteiger partial charge is 0.435 e. The average molecular weight is 463 g/mol. The Balaban J connectivity index is 1.53. The monoisotopic (exact) mass is 462 g/mol. The van der Waals surface area contributed by atoms with Crippen LogP contribution in [-0.4, -0.2) is 4.98 Å². The van der Waals surface area contributed by atoms with Crippen LogP contribution in [0.5, 0.6) is 0 Å². The number of benzene rings is 6. The van der Waals surface area contributed by atoms with Gasteiger partial charge in [0.2, 0.25) is 5.89 Å². The number of para-hydroxylation sites is 2. The lowest BCUT2D eigenvalue weighted by atomic mass is 9.99. The Morgan fingerprint density at radius 3 is 1.69 bits per heavy atom. The average Bonchev–Trinajstić information content (AvgIpc) is 3.41. The van der Waals surface area contributed by atoms with Gasteiger partial charge in [0.05, 0.1) is 0 Å². The number of oxazole rings is 1. The van der Waals surface area contributed by atoms with E-state index in [4.69, 9.17) is 9.40 Å². The van der Waals surface area contributed by atoms with E-state index in [1.54, 1.807) is 0 Å². The summed E-state index contributed by atoms with van der Waals surface area (Å²) in [6.45, 7) is 0. The van der Waals surface area contributed by atoms with Gasteiger partial charge in [-0.2, -0.15) is 0 Å². The van der Waals surface area contributed by atoms with Crippen molar-refractivity contribution >= 4 is 49.7 Å². The molecule has 0 aliphatic heterocycles. The van der Waals surface area contributed by atoms with Crippen LogP contribution in [0.15, 0.2) is 138 Å². The minimum Gasteiger partial charge on any atom is -0.435 e. The number of aromatic nitrogens is 1. The molecule has 0 aliphatic carbocycles. The molecule has 7 rings (SSSR count). The summed E-state index contributed by atoms with van der Waals surface area (Å²) in [5.74, 6) is 0.636. The smallest absolute Gasteiger partial charge is 0.227 e. The summed E-state index contributed by atoms with van der Waals surface area (Å²) < 4.78 is 6.42. The second kappa shape index (κ2) is 8.40. The summed E-state index contributed by atoms with van der Waals surface area (Å²) in [6, 6.07) is 46.1. The Morgan fingerprint density at radius 1 is 0.472 bits per heavy atom. The van der Waals surface area contributed by atoms with E-state index in [1.807, 2.05) is 42.5 Å². The molecule has 0 aliphatic rings. The van der Waals surface area contributed by atoms with Gasteiger partial charge in [0.25, 0.3) is 0 Å². The number of hydrogen-bond donors (Lipinski definition) is 0. The molecule has 7 aromatic rings. The van der Waals surface area contributed by atoms with Crippen molar-refractivity contribution in [2.45, 2.75) is 0 Å². The zero-order chi connectivity index (χ0) is 23.9. The highest BCUT2D eigenvalue weighted by atomic mass is 16.3. The molecule has 0 spiro atoms. The van der Waals surface area contributed by atoms with E-state index in [0.29, 0.717) is 5.89 Å². The Kier molecular flexibility index (Phi) is 4.78. The van der Waals surface area contributed by atoms with Gasteiger partial charge in [0, 0.05) is 33.4 Å². The van der Waals surface area contributed by atoms with Crippen molar-refractivity contribution in [2.24, 2.45) is 0 Å². The van der Waals surface area contributed by atoms with Crippen LogP contribution in [0, 0.1) is 0 Å². The molecule has 6 aromatic carbocycles. The van der Waals surface area contributed by atoms with Crippen LogP contribution in [0.1, 0.15) is 0 Å². The maximum Gasteiger partial charge on any atom is 0.227 e. The van der Waals surface area contributed by atoms with Crippen molar-refractivity contribution in [3.8, 4) is 11.5 Å². The molecule has 3 heteroatoms. The molecule has 0 N–H and O–H groups in total. The lowest BCUT2D eigenvalue weighted by molar-refractivity contribution is 0.623. The maximum absolute atomic E-state index is 6.42. The van der Waals surface area contributed by atoms with Crippen molar-refractivity contribution in [1.29, 1.82) is 0 Å². The molecule has 0 amide bonds. The fraction of sp³-hybridized carbons (Fsp3) is 0. The first kappa shape index (κ1) is 20.5. The molecular formula is C33H22N2O. The minimum absolute atomic E-state index is 0.636. The zero-order valence-electron chi connectivity index (χ0n) is 19.5. The predicted octanol–water partition coefficient (Wildman–Crippen LogP) is 9.27. The Labute approximate surface area is 208 Å². The molecule has 0 saturated carbocycles. The first-order valence-electron chi connectivity index (χ1n) is 12.1. The van der Waals surface area contributed by atoms with Crippen LogP contribution in [0.4, 0.5) is 17.1 Å². The number of hydrogen-bond acceptors (Lipinski definition) is 3. The van der Waals surface area contributed by atoms with Crippen molar-refractivity contribution in [2.75, 3.05) is 4.90 Å². The molecule has 3 nitrogen and oxygen atoms in total. The van der Waals surface area contributed by atoms with Crippen molar-refractivity contribution in [3.05, 3.63) is 133 Å². The fourth-order valence-corrected chi connectivity index (χ4v) is 5.01. The Hall–Kier alpha value is -4.89. The van der Waals surface area contributed by atoms with Gasteiger partial charge in [-0.25, -0.2) is 4.98 Å². The molecule has 0 atom stereocenters. The van der Waals surface area contributed by atoms with Crippen molar-refractivity contribution in [1.82, 2.24) is 4.98 Å². The predicted molar refractivity (Wildman–Crippen MR) is 149 cm³/mol. The third-order valence-electron chi connectivity index (χ3n) is 6.66. The van der Waals surface area contributed by atoms with Crippen molar-refractivity contribution < 1.29 is 4.42 Å². The molecule has 170 valence electrons. The molecule has 0 fully saturated rings. The fourth-order valence-electron chi connectivity index (χ4n) is 5.01. The van der Waals surface area contributed by atoms with Gasteiger partial charge in [-0.15, -0.1) is 0 Å². The number of nitrogens with zero attached hydrogens (tertiary/aromatic N) is 2. The SMILES string of the molecule is c1ccc(-c2nc3c4cc(N(c5ccccc5)c5ccccc5)ccc4c4ccccc4c3o2)cc1. The van der Waals surface area contributed by atoms with E-state index in [9.17, 15) is 0 Å². The van der Waals surface area contributed by atoms with Crippen LogP contribution in [0.3, 0.4) is 0 Å². The van der Waals surface area contributed by atoms with Crippen LogP contribution in [0.2, 0.25) is 0 Å². The van der Waals surface area contributed by atoms with Crippen LogP contribution >= 0.6 is 0 Å². The molecule has 0 radical (unpaired) electrons. The summed E-state index contributed by atoms with van der Waals surface area (Å²) in [5.41, 5.74) is 5.94. The number of fused-ring (bicyclic) bond motifs is 6. The highest BCUT2D eigenvalue weighted by Crippen LogP contribution is 2.41. The van der Waals surface area contributed by atoms with E-state index in [1.165, 1.54) is 0 Å². The van der Waals surface area contributed by atoms with Gasteiger partial charge < -0.3 is 9.32 Å². The molecule has 0 unspecified atom stereocenters. The van der Waals surface area contributed by atoms with Crippen LogP contribution in [0.25, 0.3) is 44.1 Å². The van der Waals surface area contributed by atoms with E-state index < -0.39 is 0 Å². The summed E-state index contributed by atoms with van der Waals surface area (Å²) >= 11 is 0. The summed E-state index contributed by atoms with van der Waals surface area (Å²) in [5, 5.41) is 4.47. The summed E-state index contributed by atoms with van der Waals surface area (Å²) in [7, 11) is 0. The van der Waals surface area contributed by atoms with Gasteiger partial charge in [-0.05, 0) is 59.3 Å². The zero-order valence-corrected chi connectivity index (χ0v) is 19.5. The first-order valence-corrected chi connectivity index (χ1v) is 12.1. The topological polar surface area (TPSA) is 29.3 Å². The quantitative estimate of drug-likeness (QED) is 0.244. The highest BCUT2D eigenvalue weighted by Gasteiger charge is 2.18. The molecule has 36 heavy (non-hydrogen) atoms. The lowest BCUT2D eigenvalue weighted by Gasteiger charge is -2.25. The van der Waals surface area contributed by atoms with Gasteiger partial charge in [-0.1, -0.05) is 84.9 Å². The number of rotatable bonds is 4. The summed E-state index contributed by atoms with van der Waals surface area (Å²) in [4.78, 5) is 7.30. The van der Waals surface area contributed by atoms with Gasteiger partial charge in [0.15, 0.2) is 5.58 Å². The molecule has 1 heterocycles. The van der Waals surface area contributed by atoms with E-state index >= 15 is 0 Å². The Bertz CT molecular complexity index is 1790. The third-order valence-corrected chi connectivity index (χ3v) is 6.66. The van der Waals surface area contributed by atoms with E-state index in [0.717, 1.165) is 55.3 Å².